The Morgan fingerprint density at radius 3 is 2.00 bits per heavy atom. The van der Waals surface area contributed by atoms with E-state index in [0.29, 0.717) is 30.4 Å². The molecule has 1 saturated heterocycles. The molecule has 0 bridgehead atoms. The lowest BCUT2D eigenvalue weighted by molar-refractivity contribution is -0.131. The number of carbonyl (C=O) groups excluding carboxylic acids is 3. The molecule has 2 aliphatic rings. The molecule has 1 heterocycles. The van der Waals surface area contributed by atoms with Crippen molar-refractivity contribution in [1.82, 2.24) is 4.90 Å². The van der Waals surface area contributed by atoms with Crippen LogP contribution in [0.25, 0.3) is 0 Å². The van der Waals surface area contributed by atoms with Gasteiger partial charge in [-0.3, -0.25) is 14.4 Å². The van der Waals surface area contributed by atoms with Gasteiger partial charge in [-0.25, -0.2) is 0 Å². The molecule has 1 fully saturated rings. The zero-order chi connectivity index (χ0) is 22.4. The van der Waals surface area contributed by atoms with Gasteiger partial charge >= 0.3 is 0 Å². The van der Waals surface area contributed by atoms with Crippen molar-refractivity contribution >= 4 is 17.5 Å². The molecule has 6 heteroatoms. The van der Waals surface area contributed by atoms with Gasteiger partial charge in [0.25, 0.3) is 0 Å². The Hall–Kier alpha value is -2.89. The zero-order valence-corrected chi connectivity index (χ0v) is 18.7. The molecule has 0 saturated carbocycles. The Labute approximate surface area is 183 Å². The number of ether oxygens (including phenoxy) is 2. The minimum atomic E-state index is -0.322. The molecule has 1 aromatic rings. The third-order valence-corrected chi connectivity index (χ3v) is 6.08. The Morgan fingerprint density at radius 2 is 1.42 bits per heavy atom. The van der Waals surface area contributed by atoms with E-state index in [0.717, 1.165) is 37.1 Å². The van der Waals surface area contributed by atoms with Crippen LogP contribution in [0.5, 0.6) is 0 Å². The van der Waals surface area contributed by atoms with Crippen molar-refractivity contribution < 1.29 is 23.9 Å². The van der Waals surface area contributed by atoms with E-state index in [1.807, 2.05) is 29.2 Å². The van der Waals surface area contributed by atoms with Crippen LogP contribution in [0, 0.1) is 0 Å². The molecule has 1 aliphatic carbocycles. The number of ketones is 2. The van der Waals surface area contributed by atoms with E-state index in [4.69, 9.17) is 9.47 Å². The lowest BCUT2D eigenvalue weighted by Gasteiger charge is -2.20. The summed E-state index contributed by atoms with van der Waals surface area (Å²) in [7, 11) is 2.72. The van der Waals surface area contributed by atoms with E-state index in [2.05, 4.69) is 0 Å². The van der Waals surface area contributed by atoms with Crippen LogP contribution in [0.1, 0.15) is 50.2 Å². The molecule has 0 N–H and O–H groups in total. The molecule has 0 unspecified atom stereocenters. The van der Waals surface area contributed by atoms with Gasteiger partial charge < -0.3 is 14.4 Å². The summed E-state index contributed by atoms with van der Waals surface area (Å²) in [6.07, 6.45) is 6.17. The average Bonchev–Trinajstić information content (AvgIpc) is 3.08. The average molecular weight is 426 g/mol. The van der Waals surface area contributed by atoms with Crippen molar-refractivity contribution in [2.24, 2.45) is 0 Å². The number of methoxy groups -OCH3 is 2. The molecule has 1 amide bonds. The first-order valence-electron chi connectivity index (χ1n) is 10.9. The largest absolute Gasteiger partial charge is 0.489 e. The first-order valence-corrected chi connectivity index (χ1v) is 10.9. The van der Waals surface area contributed by atoms with E-state index in [1.54, 1.807) is 6.92 Å². The Bertz CT molecular complexity index is 902. The first kappa shape index (κ1) is 22.8. The molecular formula is C25H31NO5. The number of Topliss-reactive ketones (excluding diaryl/α,β-unsaturated/α-hetero) is 2. The fourth-order valence-corrected chi connectivity index (χ4v) is 4.16. The van der Waals surface area contributed by atoms with Crippen molar-refractivity contribution in [3.05, 3.63) is 58.1 Å². The van der Waals surface area contributed by atoms with Crippen molar-refractivity contribution in [2.75, 3.05) is 27.3 Å². The number of nitrogens with zero attached hydrogens (tertiary/aromatic N) is 1. The van der Waals surface area contributed by atoms with E-state index in [-0.39, 0.29) is 29.0 Å². The van der Waals surface area contributed by atoms with Crippen LogP contribution < -0.4 is 0 Å². The number of benzene rings is 1. The lowest BCUT2D eigenvalue weighted by Crippen LogP contribution is -2.31. The number of allylic oxidation sites excluding steroid dienone is 2. The SMILES string of the molecule is COC1=C(OC)C(=O)C(Cc2ccc(CCC(=O)N3CCCCCC3)cc2)=C(C)C1=O. The van der Waals surface area contributed by atoms with Crippen LogP contribution in [-0.4, -0.2) is 49.7 Å². The maximum atomic E-state index is 12.8. The summed E-state index contributed by atoms with van der Waals surface area (Å²) in [5.41, 5.74) is 2.82. The summed E-state index contributed by atoms with van der Waals surface area (Å²) in [6.45, 7) is 3.40. The summed E-state index contributed by atoms with van der Waals surface area (Å²) in [5, 5.41) is 0. The monoisotopic (exact) mass is 425 g/mol. The topological polar surface area (TPSA) is 72.9 Å². The molecule has 0 aromatic heterocycles. The summed E-state index contributed by atoms with van der Waals surface area (Å²) in [6, 6.07) is 7.88. The molecule has 3 rings (SSSR count). The van der Waals surface area contributed by atoms with Gasteiger partial charge in [0, 0.05) is 37.1 Å². The minimum absolute atomic E-state index is 0.0434. The van der Waals surface area contributed by atoms with Gasteiger partial charge in [-0.1, -0.05) is 37.1 Å². The summed E-state index contributed by atoms with van der Waals surface area (Å²) < 4.78 is 10.2. The number of aryl methyl sites for hydroxylation is 1. The van der Waals surface area contributed by atoms with Gasteiger partial charge in [-0.15, -0.1) is 0 Å². The Kier molecular flexibility index (Phi) is 7.66. The Balaban J connectivity index is 1.63. The molecule has 0 atom stereocenters. The predicted molar refractivity (Wildman–Crippen MR) is 117 cm³/mol. The molecule has 0 radical (unpaired) electrons. The first-order chi connectivity index (χ1) is 15.0. The van der Waals surface area contributed by atoms with Crippen LogP contribution in [0.3, 0.4) is 0 Å². The quantitative estimate of drug-likeness (QED) is 0.625. The highest BCUT2D eigenvalue weighted by molar-refractivity contribution is 6.23. The van der Waals surface area contributed by atoms with Crippen LogP contribution in [0.15, 0.2) is 46.9 Å². The van der Waals surface area contributed by atoms with Crippen LogP contribution in [0.2, 0.25) is 0 Å². The molecule has 31 heavy (non-hydrogen) atoms. The van der Waals surface area contributed by atoms with Crippen molar-refractivity contribution in [2.45, 2.75) is 51.9 Å². The number of hydrogen-bond acceptors (Lipinski definition) is 5. The number of likely N-dealkylation sites (tertiary alicyclic amines) is 1. The fraction of sp³-hybridized carbons (Fsp3) is 0.480. The van der Waals surface area contributed by atoms with Crippen LogP contribution in [-0.2, 0) is 36.7 Å². The van der Waals surface area contributed by atoms with Crippen molar-refractivity contribution in [1.29, 1.82) is 0 Å². The minimum Gasteiger partial charge on any atom is -0.489 e. The van der Waals surface area contributed by atoms with E-state index >= 15 is 0 Å². The van der Waals surface area contributed by atoms with Crippen molar-refractivity contribution in [3.8, 4) is 0 Å². The van der Waals surface area contributed by atoms with E-state index < -0.39 is 0 Å². The molecule has 1 aliphatic heterocycles. The summed E-state index contributed by atoms with van der Waals surface area (Å²) in [4.78, 5) is 39.8. The second-order valence-electron chi connectivity index (χ2n) is 8.12. The molecule has 0 spiro atoms. The standard InChI is InChI=1S/C25H31NO5/c1-17-20(23(29)25(31-3)24(30-2)22(17)28)16-19-10-8-18(9-11-19)12-13-21(27)26-14-6-4-5-7-15-26/h8-11H,4-7,12-16H2,1-3H3. The molecule has 166 valence electrons. The van der Waals surface area contributed by atoms with E-state index in [1.165, 1.54) is 27.1 Å². The zero-order valence-electron chi connectivity index (χ0n) is 18.7. The van der Waals surface area contributed by atoms with Gasteiger partial charge in [-0.05, 0) is 37.3 Å². The Morgan fingerprint density at radius 1 is 0.871 bits per heavy atom. The van der Waals surface area contributed by atoms with Gasteiger partial charge in [-0.2, -0.15) is 0 Å². The molecule has 1 aromatic carbocycles. The third kappa shape index (κ3) is 5.24. The fourth-order valence-electron chi connectivity index (χ4n) is 4.16. The number of carbonyl (C=O) groups is 3. The predicted octanol–water partition coefficient (Wildman–Crippen LogP) is 3.54. The molecular weight excluding hydrogens is 394 g/mol. The number of rotatable bonds is 7. The highest BCUT2D eigenvalue weighted by atomic mass is 16.5. The molecule has 6 nitrogen and oxygen atoms in total. The van der Waals surface area contributed by atoms with Crippen LogP contribution in [0.4, 0.5) is 0 Å². The smallest absolute Gasteiger partial charge is 0.228 e. The van der Waals surface area contributed by atoms with Gasteiger partial charge in [0.1, 0.15) is 0 Å². The van der Waals surface area contributed by atoms with Gasteiger partial charge in [0.05, 0.1) is 14.2 Å². The third-order valence-electron chi connectivity index (χ3n) is 6.08. The summed E-state index contributed by atoms with van der Waals surface area (Å²) in [5.74, 6) is -0.498. The van der Waals surface area contributed by atoms with Gasteiger partial charge in [0.2, 0.25) is 29.0 Å². The normalized spacial score (nSPS) is 17.7. The summed E-state index contributed by atoms with van der Waals surface area (Å²) >= 11 is 0. The maximum Gasteiger partial charge on any atom is 0.228 e. The van der Waals surface area contributed by atoms with Gasteiger partial charge in [0.15, 0.2) is 0 Å². The van der Waals surface area contributed by atoms with Crippen LogP contribution >= 0.6 is 0 Å². The number of amides is 1. The second kappa shape index (κ2) is 10.4. The second-order valence-corrected chi connectivity index (χ2v) is 8.12. The number of hydrogen-bond donors (Lipinski definition) is 0. The highest BCUT2D eigenvalue weighted by Crippen LogP contribution is 2.28. The van der Waals surface area contributed by atoms with Crippen molar-refractivity contribution in [3.63, 3.8) is 0 Å². The maximum absolute atomic E-state index is 12.8. The lowest BCUT2D eigenvalue weighted by atomic mass is 9.88. The highest BCUT2D eigenvalue weighted by Gasteiger charge is 2.34. The van der Waals surface area contributed by atoms with E-state index in [9.17, 15) is 14.4 Å².